The Hall–Kier alpha value is -2.08. The molecule has 0 aliphatic heterocycles. The summed E-state index contributed by atoms with van der Waals surface area (Å²) in [6, 6.07) is 11.6. The first kappa shape index (κ1) is 19.2. The molecule has 2 aromatic rings. The fourth-order valence-corrected chi connectivity index (χ4v) is 2.70. The van der Waals surface area contributed by atoms with Crippen LogP contribution in [0.4, 0.5) is 0 Å². The fourth-order valence-electron chi connectivity index (χ4n) is 2.45. The molecule has 5 nitrogen and oxygen atoms in total. The summed E-state index contributed by atoms with van der Waals surface area (Å²) >= 11 is 6.10. The monoisotopic (exact) mass is 363 g/mol. The third kappa shape index (κ3) is 5.74. The lowest BCUT2D eigenvalue weighted by Gasteiger charge is -2.21. The molecule has 2 aromatic carbocycles. The highest BCUT2D eigenvalue weighted by molar-refractivity contribution is 6.32. The molecule has 6 heteroatoms. The number of benzene rings is 2. The van der Waals surface area contributed by atoms with E-state index in [0.29, 0.717) is 23.7 Å². The van der Waals surface area contributed by atoms with E-state index in [1.165, 1.54) is 6.92 Å². The zero-order valence-electron chi connectivity index (χ0n) is 14.2. The second kappa shape index (κ2) is 8.85. The molecule has 25 heavy (non-hydrogen) atoms. The average molecular weight is 364 g/mol. The minimum Gasteiger partial charge on any atom is -0.508 e. The van der Waals surface area contributed by atoms with E-state index in [1.807, 2.05) is 13.0 Å². The van der Waals surface area contributed by atoms with Gasteiger partial charge in [0.15, 0.2) is 0 Å². The van der Waals surface area contributed by atoms with Crippen LogP contribution in [0.3, 0.4) is 0 Å². The summed E-state index contributed by atoms with van der Waals surface area (Å²) in [5.74, 6) is 0.112. The quantitative estimate of drug-likeness (QED) is 0.520. The molecule has 0 fully saturated rings. The highest BCUT2D eigenvalue weighted by Crippen LogP contribution is 2.26. The Labute approximate surface area is 152 Å². The number of phenols is 1. The minimum absolute atomic E-state index is 0.152. The molecule has 0 spiro atoms. The van der Waals surface area contributed by atoms with Crippen LogP contribution < -0.4 is 10.1 Å². The minimum atomic E-state index is -0.671. The maximum atomic E-state index is 11.0. The summed E-state index contributed by atoms with van der Waals surface area (Å²) in [4.78, 5) is 11.0. The first-order valence-electron chi connectivity index (χ1n) is 8.04. The topological polar surface area (TPSA) is 78.8 Å². The lowest BCUT2D eigenvalue weighted by Crippen LogP contribution is -2.33. The van der Waals surface area contributed by atoms with Crippen LogP contribution in [0.1, 0.15) is 31.1 Å². The number of esters is 1. The van der Waals surface area contributed by atoms with Crippen molar-refractivity contribution in [2.45, 2.75) is 32.4 Å². The highest BCUT2D eigenvalue weighted by Gasteiger charge is 2.15. The van der Waals surface area contributed by atoms with E-state index in [4.69, 9.17) is 16.3 Å². The van der Waals surface area contributed by atoms with E-state index >= 15 is 0 Å². The van der Waals surface area contributed by atoms with Crippen molar-refractivity contribution in [2.24, 2.45) is 0 Å². The lowest BCUT2D eigenvalue weighted by molar-refractivity contribution is -0.131. The number of halogens is 1. The largest absolute Gasteiger partial charge is 0.508 e. The normalized spacial score (nSPS) is 13.3. The molecule has 0 aliphatic carbocycles. The number of carbonyl (C=O) groups is 1. The Morgan fingerprint density at radius 1 is 1.24 bits per heavy atom. The van der Waals surface area contributed by atoms with Crippen molar-refractivity contribution in [3.05, 3.63) is 58.6 Å². The third-order valence-corrected chi connectivity index (χ3v) is 4.13. The maximum Gasteiger partial charge on any atom is 0.308 e. The van der Waals surface area contributed by atoms with Gasteiger partial charge in [0.05, 0.1) is 11.1 Å². The molecular weight excluding hydrogens is 342 g/mol. The van der Waals surface area contributed by atoms with Crippen LogP contribution in [0.5, 0.6) is 11.5 Å². The van der Waals surface area contributed by atoms with Crippen molar-refractivity contribution >= 4 is 17.6 Å². The number of hydrogen-bond acceptors (Lipinski definition) is 5. The summed E-state index contributed by atoms with van der Waals surface area (Å²) in [6.45, 7) is 3.88. The molecule has 2 atom stereocenters. The van der Waals surface area contributed by atoms with Crippen molar-refractivity contribution in [1.29, 1.82) is 0 Å². The van der Waals surface area contributed by atoms with Crippen LogP contribution >= 0.6 is 11.6 Å². The molecule has 0 heterocycles. The molecule has 0 amide bonds. The molecule has 134 valence electrons. The zero-order valence-corrected chi connectivity index (χ0v) is 15.0. The summed E-state index contributed by atoms with van der Waals surface area (Å²) in [5, 5.41) is 23.3. The molecule has 2 rings (SSSR count). The molecule has 0 radical (unpaired) electrons. The number of nitrogens with one attached hydrogen (secondary N) is 1. The van der Waals surface area contributed by atoms with Gasteiger partial charge >= 0.3 is 5.97 Å². The fraction of sp³-hybridized carbons (Fsp3) is 0.316. The number of hydrogen-bond donors (Lipinski definition) is 3. The molecule has 0 bridgehead atoms. The zero-order chi connectivity index (χ0) is 18.4. The number of aliphatic hydroxyl groups excluding tert-OH is 1. The molecule has 0 aromatic heterocycles. The van der Waals surface area contributed by atoms with Crippen molar-refractivity contribution < 1.29 is 19.7 Å². The molecule has 0 saturated heterocycles. The van der Waals surface area contributed by atoms with Crippen molar-refractivity contribution in [3.8, 4) is 11.5 Å². The van der Waals surface area contributed by atoms with Gasteiger partial charge in [0.2, 0.25) is 0 Å². The first-order chi connectivity index (χ1) is 11.9. The Balaban J connectivity index is 1.86. The molecule has 0 saturated carbocycles. The van der Waals surface area contributed by atoms with Gasteiger partial charge < -0.3 is 20.3 Å². The summed E-state index contributed by atoms with van der Waals surface area (Å²) in [7, 11) is 0. The van der Waals surface area contributed by atoms with E-state index < -0.39 is 12.1 Å². The van der Waals surface area contributed by atoms with Crippen LogP contribution in [0, 0.1) is 0 Å². The van der Waals surface area contributed by atoms with Crippen LogP contribution in [0.25, 0.3) is 0 Å². The Bertz CT molecular complexity index is 718. The Morgan fingerprint density at radius 2 is 1.92 bits per heavy atom. The van der Waals surface area contributed by atoms with Gasteiger partial charge in [0, 0.05) is 13.0 Å². The second-order valence-electron chi connectivity index (χ2n) is 5.89. The molecule has 3 N–H and O–H groups in total. The Kier molecular flexibility index (Phi) is 6.82. The molecule has 0 aliphatic rings. The molecule has 0 unspecified atom stereocenters. The number of aliphatic hydroxyl groups is 1. The number of phenolic OH excluding ortho intramolecular Hbond substituents is 1. The first-order valence-corrected chi connectivity index (χ1v) is 8.42. The predicted molar refractivity (Wildman–Crippen MR) is 97.0 cm³/mol. The van der Waals surface area contributed by atoms with Crippen molar-refractivity contribution in [1.82, 2.24) is 5.32 Å². The second-order valence-corrected chi connectivity index (χ2v) is 6.29. The van der Waals surface area contributed by atoms with Crippen molar-refractivity contribution in [2.75, 3.05) is 6.54 Å². The van der Waals surface area contributed by atoms with Gasteiger partial charge in [-0.3, -0.25) is 4.79 Å². The summed E-state index contributed by atoms with van der Waals surface area (Å²) < 4.78 is 4.99. The van der Waals surface area contributed by atoms with E-state index in [0.717, 1.165) is 11.1 Å². The number of aromatic hydroxyl groups is 1. The van der Waals surface area contributed by atoms with E-state index in [-0.39, 0.29) is 11.8 Å². The maximum absolute atomic E-state index is 11.0. The standard InChI is InChI=1S/C19H22ClNO4/c1-12(19(24)15-4-6-16(23)7-5-15)21-10-9-14-3-8-18(17(20)11-14)25-13(2)22/h3-8,11-12,19,21,23-24H,9-10H2,1-2H3/t12-,19+/m0/s1. The van der Waals surface area contributed by atoms with Gasteiger partial charge in [0.25, 0.3) is 0 Å². The van der Waals surface area contributed by atoms with E-state index in [2.05, 4.69) is 5.32 Å². The molecular formula is C19H22ClNO4. The van der Waals surface area contributed by atoms with Crippen LogP contribution in [0.2, 0.25) is 5.02 Å². The number of rotatable bonds is 7. The van der Waals surface area contributed by atoms with Crippen LogP contribution in [0.15, 0.2) is 42.5 Å². The average Bonchev–Trinajstić information content (AvgIpc) is 2.57. The van der Waals surface area contributed by atoms with Crippen LogP contribution in [-0.2, 0) is 11.2 Å². The summed E-state index contributed by atoms with van der Waals surface area (Å²) in [5.41, 5.74) is 1.74. The third-order valence-electron chi connectivity index (χ3n) is 3.84. The lowest BCUT2D eigenvalue weighted by atomic mass is 10.0. The highest BCUT2D eigenvalue weighted by atomic mass is 35.5. The van der Waals surface area contributed by atoms with Gasteiger partial charge in [-0.15, -0.1) is 0 Å². The van der Waals surface area contributed by atoms with Crippen molar-refractivity contribution in [3.63, 3.8) is 0 Å². The van der Waals surface area contributed by atoms with Gasteiger partial charge in [-0.1, -0.05) is 29.8 Å². The van der Waals surface area contributed by atoms with Crippen LogP contribution in [-0.4, -0.2) is 28.8 Å². The predicted octanol–water partition coefficient (Wildman–Crippen LogP) is 3.23. The van der Waals surface area contributed by atoms with Gasteiger partial charge in [-0.25, -0.2) is 0 Å². The van der Waals surface area contributed by atoms with Gasteiger partial charge in [0.1, 0.15) is 11.5 Å². The van der Waals surface area contributed by atoms with Gasteiger partial charge in [-0.05, 0) is 55.3 Å². The smallest absolute Gasteiger partial charge is 0.308 e. The van der Waals surface area contributed by atoms with E-state index in [1.54, 1.807) is 36.4 Å². The SMILES string of the molecule is CC(=O)Oc1ccc(CCN[C@@H](C)[C@@H](O)c2ccc(O)cc2)cc1Cl. The van der Waals surface area contributed by atoms with E-state index in [9.17, 15) is 15.0 Å². The summed E-state index contributed by atoms with van der Waals surface area (Å²) in [6.07, 6.45) is 0.0442. The number of carbonyl (C=O) groups excluding carboxylic acids is 1. The van der Waals surface area contributed by atoms with Gasteiger partial charge in [-0.2, -0.15) is 0 Å². The number of ether oxygens (including phenoxy) is 1. The Morgan fingerprint density at radius 3 is 2.52 bits per heavy atom.